The Kier molecular flexibility index (Phi) is 7.31. The van der Waals surface area contributed by atoms with E-state index in [9.17, 15) is 4.79 Å². The van der Waals surface area contributed by atoms with Gasteiger partial charge in [-0.25, -0.2) is 4.79 Å². The average Bonchev–Trinajstić information content (AvgIpc) is 3.03. The molecule has 4 nitrogen and oxygen atoms in total. The third-order valence-corrected chi connectivity index (χ3v) is 6.95. The highest BCUT2D eigenvalue weighted by molar-refractivity contribution is 7.16. The molecule has 2 aromatic heterocycles. The zero-order valence-corrected chi connectivity index (χ0v) is 21.6. The minimum atomic E-state index is -0.767. The lowest BCUT2D eigenvalue weighted by Crippen LogP contribution is -2.29. The first-order valence-electron chi connectivity index (χ1n) is 11.5. The molecule has 1 aliphatic rings. The molecular weight excluding hydrogens is 418 g/mol. The normalized spacial score (nSPS) is 17.1. The van der Waals surface area contributed by atoms with Crippen LogP contribution in [-0.4, -0.2) is 23.2 Å². The molecule has 3 rings (SSSR count). The largest absolute Gasteiger partial charge is 0.464 e. The van der Waals surface area contributed by atoms with E-state index >= 15 is 0 Å². The molecule has 1 atom stereocenters. The van der Waals surface area contributed by atoms with Gasteiger partial charge in [0.25, 0.3) is 0 Å². The molecule has 2 aromatic rings. The second kappa shape index (κ2) is 9.48. The maximum absolute atomic E-state index is 13.1. The average molecular weight is 456 g/mol. The van der Waals surface area contributed by atoms with Crippen molar-refractivity contribution >= 4 is 22.9 Å². The van der Waals surface area contributed by atoms with E-state index in [4.69, 9.17) is 14.5 Å². The Balaban J connectivity index is 2.23. The fraction of sp³-hybridized carbons (Fsp3) is 0.556. The molecule has 174 valence electrons. The molecule has 0 radical (unpaired) electrons. The van der Waals surface area contributed by atoms with Gasteiger partial charge in [-0.05, 0) is 83.4 Å². The third-order valence-electron chi connectivity index (χ3n) is 5.80. The second-order valence-electron chi connectivity index (χ2n) is 10.5. The van der Waals surface area contributed by atoms with E-state index in [-0.39, 0.29) is 5.97 Å². The molecule has 1 aliphatic carbocycles. The zero-order valence-electron chi connectivity index (χ0n) is 20.8. The van der Waals surface area contributed by atoms with Gasteiger partial charge in [0.15, 0.2) is 6.10 Å². The van der Waals surface area contributed by atoms with Crippen molar-refractivity contribution in [3.63, 3.8) is 0 Å². The number of pyridine rings is 1. The van der Waals surface area contributed by atoms with Crippen molar-refractivity contribution in [3.8, 4) is 10.6 Å². The van der Waals surface area contributed by atoms with E-state index in [0.29, 0.717) is 12.0 Å². The summed E-state index contributed by atoms with van der Waals surface area (Å²) in [5.74, 6) is -0.329. The van der Waals surface area contributed by atoms with Crippen molar-refractivity contribution in [2.75, 3.05) is 6.61 Å². The maximum Gasteiger partial charge on any atom is 0.340 e. The summed E-state index contributed by atoms with van der Waals surface area (Å²) in [6.45, 7) is 16.8. The van der Waals surface area contributed by atoms with Gasteiger partial charge in [0, 0.05) is 22.2 Å². The molecule has 32 heavy (non-hydrogen) atoms. The van der Waals surface area contributed by atoms with Crippen LogP contribution in [0.1, 0.15) is 88.5 Å². The van der Waals surface area contributed by atoms with E-state index in [1.165, 1.54) is 5.57 Å². The smallest absolute Gasteiger partial charge is 0.340 e. The van der Waals surface area contributed by atoms with Gasteiger partial charge >= 0.3 is 5.97 Å². The molecule has 0 bridgehead atoms. The van der Waals surface area contributed by atoms with E-state index in [0.717, 1.165) is 51.4 Å². The monoisotopic (exact) mass is 455 g/mol. The zero-order chi connectivity index (χ0) is 23.7. The van der Waals surface area contributed by atoms with Crippen molar-refractivity contribution in [1.82, 2.24) is 4.98 Å². The van der Waals surface area contributed by atoms with Crippen LogP contribution in [-0.2, 0) is 14.3 Å². The van der Waals surface area contributed by atoms with Crippen molar-refractivity contribution in [3.05, 3.63) is 46.0 Å². The fourth-order valence-electron chi connectivity index (χ4n) is 4.07. The summed E-state index contributed by atoms with van der Waals surface area (Å²) in [6, 6.07) is 4.17. The van der Waals surface area contributed by atoms with Crippen LogP contribution in [0.5, 0.6) is 0 Å². The predicted molar refractivity (Wildman–Crippen MR) is 133 cm³/mol. The molecule has 0 amide bonds. The lowest BCUT2D eigenvalue weighted by Gasteiger charge is -2.31. The van der Waals surface area contributed by atoms with Gasteiger partial charge in [0.05, 0.1) is 22.8 Å². The number of carbonyl (C=O) groups excluding carboxylic acids is 1. The van der Waals surface area contributed by atoms with Crippen molar-refractivity contribution in [2.24, 2.45) is 5.41 Å². The highest BCUT2D eigenvalue weighted by Gasteiger charge is 2.36. The van der Waals surface area contributed by atoms with Gasteiger partial charge in [0.2, 0.25) is 0 Å². The summed E-state index contributed by atoms with van der Waals surface area (Å²) in [7, 11) is 0. The first-order chi connectivity index (χ1) is 14.9. The molecule has 0 aliphatic heterocycles. The van der Waals surface area contributed by atoms with Gasteiger partial charge in [-0.15, -0.1) is 11.3 Å². The quantitative estimate of drug-likeness (QED) is 0.425. The van der Waals surface area contributed by atoms with Crippen LogP contribution in [0, 0.1) is 19.3 Å². The number of aryl methyl sites for hydroxylation is 2. The number of esters is 1. The van der Waals surface area contributed by atoms with Crippen LogP contribution in [0.4, 0.5) is 0 Å². The fourth-order valence-corrected chi connectivity index (χ4v) is 5.27. The molecule has 5 heteroatoms. The summed E-state index contributed by atoms with van der Waals surface area (Å²) in [4.78, 5) is 20.0. The van der Waals surface area contributed by atoms with Crippen LogP contribution in [0.3, 0.4) is 0 Å². The molecule has 0 saturated heterocycles. The Morgan fingerprint density at radius 1 is 1.25 bits per heavy atom. The second-order valence-corrected chi connectivity index (χ2v) is 11.7. The van der Waals surface area contributed by atoms with Crippen molar-refractivity contribution in [1.29, 1.82) is 0 Å². The number of rotatable bonds is 6. The lowest BCUT2D eigenvalue weighted by atomic mass is 9.76. The maximum atomic E-state index is 13.1. The highest BCUT2D eigenvalue weighted by atomic mass is 32.1. The standard InChI is InChI=1S/C27H37NO3S/c1-9-30-25(29)23(31-26(4,5)6)21-18(3)32-24(20-11-10-17(2)16-28-20)22(21)19-12-14-27(7,8)15-13-19/h10-12,16,23H,9,13-15H2,1-8H3. The van der Waals surface area contributed by atoms with E-state index < -0.39 is 11.7 Å². The molecular formula is C27H37NO3S. The molecule has 0 spiro atoms. The highest BCUT2D eigenvalue weighted by Crippen LogP contribution is 2.48. The van der Waals surface area contributed by atoms with Crippen molar-refractivity contribution < 1.29 is 14.3 Å². The molecule has 0 saturated carbocycles. The molecule has 0 fully saturated rings. The van der Waals surface area contributed by atoms with Crippen LogP contribution in [0.15, 0.2) is 24.4 Å². The Morgan fingerprint density at radius 3 is 2.50 bits per heavy atom. The number of nitrogens with zero attached hydrogens (tertiary/aromatic N) is 1. The van der Waals surface area contributed by atoms with Crippen LogP contribution in [0.2, 0.25) is 0 Å². The Bertz CT molecular complexity index is 993. The Hall–Kier alpha value is -1.98. The number of hydrogen-bond donors (Lipinski definition) is 0. The minimum absolute atomic E-state index is 0.291. The van der Waals surface area contributed by atoms with Crippen LogP contribution < -0.4 is 0 Å². The SMILES string of the molecule is CCOC(=O)C(OC(C)(C)C)c1c(C)sc(-c2ccc(C)cn2)c1C1=CCC(C)(C)CC1. The first-order valence-corrected chi connectivity index (χ1v) is 12.3. The summed E-state index contributed by atoms with van der Waals surface area (Å²) < 4.78 is 11.8. The first kappa shape index (κ1) is 24.7. The number of aromatic nitrogens is 1. The lowest BCUT2D eigenvalue weighted by molar-refractivity contribution is -0.166. The Morgan fingerprint density at radius 2 is 1.97 bits per heavy atom. The van der Waals surface area contributed by atoms with Gasteiger partial charge < -0.3 is 9.47 Å². The van der Waals surface area contributed by atoms with E-state index in [1.807, 2.05) is 40.8 Å². The van der Waals surface area contributed by atoms with Gasteiger partial charge in [0.1, 0.15) is 0 Å². The Labute approximate surface area is 197 Å². The van der Waals surface area contributed by atoms with E-state index in [1.54, 1.807) is 11.3 Å². The number of carbonyl (C=O) groups is 1. The molecule has 2 heterocycles. The predicted octanol–water partition coefficient (Wildman–Crippen LogP) is 7.44. The van der Waals surface area contributed by atoms with Crippen LogP contribution >= 0.6 is 11.3 Å². The summed E-state index contributed by atoms with van der Waals surface area (Å²) in [5, 5.41) is 0. The van der Waals surface area contributed by atoms with Crippen molar-refractivity contribution in [2.45, 2.75) is 86.4 Å². The minimum Gasteiger partial charge on any atom is -0.464 e. The molecule has 1 unspecified atom stereocenters. The molecule has 0 aromatic carbocycles. The number of hydrogen-bond acceptors (Lipinski definition) is 5. The number of thiophene rings is 1. The molecule has 0 N–H and O–H groups in total. The third kappa shape index (κ3) is 5.68. The van der Waals surface area contributed by atoms with E-state index in [2.05, 4.69) is 39.0 Å². The summed E-state index contributed by atoms with van der Waals surface area (Å²) >= 11 is 1.69. The van der Waals surface area contributed by atoms with Gasteiger partial charge in [-0.2, -0.15) is 0 Å². The topological polar surface area (TPSA) is 48.4 Å². The number of ether oxygens (including phenoxy) is 2. The summed E-state index contributed by atoms with van der Waals surface area (Å²) in [5.41, 5.74) is 5.20. The van der Waals surface area contributed by atoms with Crippen LogP contribution in [0.25, 0.3) is 16.1 Å². The van der Waals surface area contributed by atoms with Gasteiger partial charge in [-0.3, -0.25) is 4.98 Å². The summed E-state index contributed by atoms with van der Waals surface area (Å²) in [6.07, 6.45) is 6.59. The number of allylic oxidation sites excluding steroid dienone is 2. The van der Waals surface area contributed by atoms with Gasteiger partial charge in [-0.1, -0.05) is 26.0 Å².